The Morgan fingerprint density at radius 2 is 1.94 bits per heavy atom. The van der Waals surface area contributed by atoms with E-state index in [0.29, 0.717) is 5.92 Å². The van der Waals surface area contributed by atoms with Gasteiger partial charge in [-0.3, -0.25) is 9.59 Å². The summed E-state index contributed by atoms with van der Waals surface area (Å²) in [5.74, 6) is 1.44. The zero-order valence-corrected chi connectivity index (χ0v) is 10.0. The Morgan fingerprint density at radius 3 is 2.62 bits per heavy atom. The van der Waals surface area contributed by atoms with Crippen LogP contribution in [0.1, 0.15) is 33.1 Å². The number of rotatable bonds is 1. The summed E-state index contributed by atoms with van der Waals surface area (Å²) in [7, 11) is 0. The molecule has 1 heterocycles. The highest BCUT2D eigenvalue weighted by Gasteiger charge is 2.34. The Balaban J connectivity index is 2.01. The minimum absolute atomic E-state index is 0.0223. The average molecular weight is 224 g/mol. The van der Waals surface area contributed by atoms with Gasteiger partial charge in [-0.2, -0.15) is 0 Å². The molecule has 0 radical (unpaired) electrons. The predicted molar refractivity (Wildman–Crippen MR) is 60.7 cm³/mol. The van der Waals surface area contributed by atoms with Crippen molar-refractivity contribution in [3.05, 3.63) is 0 Å². The van der Waals surface area contributed by atoms with Crippen LogP contribution in [0.15, 0.2) is 0 Å². The maximum absolute atomic E-state index is 11.7. The molecule has 0 aromatic heterocycles. The molecule has 0 aromatic carbocycles. The fraction of sp³-hybridized carbons (Fsp3) is 0.833. The highest BCUT2D eigenvalue weighted by molar-refractivity contribution is 5.92. The SMILES string of the molecule is CC1CCC(N2CC(=O)NCC2=O)CC1C. The summed E-state index contributed by atoms with van der Waals surface area (Å²) >= 11 is 0. The Labute approximate surface area is 96.4 Å². The second kappa shape index (κ2) is 4.44. The van der Waals surface area contributed by atoms with E-state index in [0.717, 1.165) is 25.2 Å². The minimum atomic E-state index is -0.0223. The summed E-state index contributed by atoms with van der Waals surface area (Å²) < 4.78 is 0. The van der Waals surface area contributed by atoms with E-state index in [1.54, 1.807) is 4.90 Å². The molecule has 1 N–H and O–H groups in total. The summed E-state index contributed by atoms with van der Waals surface area (Å²) in [6, 6.07) is 0.282. The number of amides is 2. The average Bonchev–Trinajstić information content (AvgIpc) is 2.26. The van der Waals surface area contributed by atoms with Gasteiger partial charge in [0.1, 0.15) is 0 Å². The number of piperazine rings is 1. The number of nitrogens with zero attached hydrogens (tertiary/aromatic N) is 1. The predicted octanol–water partition coefficient (Wildman–Crippen LogP) is 0.769. The third kappa shape index (κ3) is 2.20. The van der Waals surface area contributed by atoms with Crippen molar-refractivity contribution < 1.29 is 9.59 Å². The number of hydrogen-bond donors (Lipinski definition) is 1. The van der Waals surface area contributed by atoms with Crippen molar-refractivity contribution in [2.24, 2.45) is 11.8 Å². The van der Waals surface area contributed by atoms with E-state index in [9.17, 15) is 9.59 Å². The zero-order valence-electron chi connectivity index (χ0n) is 10.0. The van der Waals surface area contributed by atoms with Crippen molar-refractivity contribution in [1.29, 1.82) is 0 Å². The number of hydrogen-bond acceptors (Lipinski definition) is 2. The maximum Gasteiger partial charge on any atom is 0.242 e. The molecule has 2 fully saturated rings. The van der Waals surface area contributed by atoms with E-state index < -0.39 is 0 Å². The summed E-state index contributed by atoms with van der Waals surface area (Å²) in [5, 5.41) is 2.59. The van der Waals surface area contributed by atoms with Crippen LogP contribution in [-0.2, 0) is 9.59 Å². The van der Waals surface area contributed by atoms with Crippen LogP contribution in [0.25, 0.3) is 0 Å². The first-order chi connectivity index (χ1) is 7.58. The van der Waals surface area contributed by atoms with Crippen LogP contribution in [0.4, 0.5) is 0 Å². The molecular weight excluding hydrogens is 204 g/mol. The van der Waals surface area contributed by atoms with E-state index in [-0.39, 0.29) is 30.9 Å². The molecule has 2 amide bonds. The van der Waals surface area contributed by atoms with Gasteiger partial charge in [0.05, 0.1) is 13.1 Å². The molecule has 90 valence electrons. The van der Waals surface area contributed by atoms with Gasteiger partial charge in [-0.25, -0.2) is 0 Å². The molecule has 4 heteroatoms. The first-order valence-corrected chi connectivity index (χ1v) is 6.14. The Kier molecular flexibility index (Phi) is 3.17. The highest BCUT2D eigenvalue weighted by Crippen LogP contribution is 2.32. The normalized spacial score (nSPS) is 36.1. The molecule has 2 rings (SSSR count). The highest BCUT2D eigenvalue weighted by atomic mass is 16.2. The molecular formula is C12H20N2O2. The smallest absolute Gasteiger partial charge is 0.242 e. The third-order valence-electron chi connectivity index (χ3n) is 4.08. The van der Waals surface area contributed by atoms with Crippen molar-refractivity contribution >= 4 is 11.8 Å². The largest absolute Gasteiger partial charge is 0.345 e. The van der Waals surface area contributed by atoms with Gasteiger partial charge in [-0.05, 0) is 31.1 Å². The Bertz CT molecular complexity index is 303. The molecule has 1 aliphatic carbocycles. The second-order valence-electron chi connectivity index (χ2n) is 5.22. The first-order valence-electron chi connectivity index (χ1n) is 6.14. The van der Waals surface area contributed by atoms with Gasteiger partial charge in [0.15, 0.2) is 0 Å². The summed E-state index contributed by atoms with van der Waals surface area (Å²) in [4.78, 5) is 24.8. The summed E-state index contributed by atoms with van der Waals surface area (Å²) in [5.41, 5.74) is 0. The van der Waals surface area contributed by atoms with Crippen molar-refractivity contribution in [3.63, 3.8) is 0 Å². The summed E-state index contributed by atoms with van der Waals surface area (Å²) in [6.45, 7) is 4.95. The van der Waals surface area contributed by atoms with Crippen molar-refractivity contribution in [1.82, 2.24) is 10.2 Å². The zero-order chi connectivity index (χ0) is 11.7. The standard InChI is InChI=1S/C12H20N2O2/c1-8-3-4-10(5-9(8)2)14-7-11(15)13-6-12(14)16/h8-10H,3-7H2,1-2H3,(H,13,15). The van der Waals surface area contributed by atoms with E-state index in [1.807, 2.05) is 0 Å². The quantitative estimate of drug-likeness (QED) is 0.715. The summed E-state index contributed by atoms with van der Waals surface area (Å²) in [6.07, 6.45) is 3.25. The third-order valence-corrected chi connectivity index (χ3v) is 4.08. The van der Waals surface area contributed by atoms with Crippen LogP contribution < -0.4 is 5.32 Å². The molecule has 1 saturated carbocycles. The number of nitrogens with one attached hydrogen (secondary N) is 1. The van der Waals surface area contributed by atoms with Crippen molar-refractivity contribution in [2.45, 2.75) is 39.2 Å². The number of carbonyl (C=O) groups excluding carboxylic acids is 2. The lowest BCUT2D eigenvalue weighted by molar-refractivity contribution is -0.144. The first kappa shape index (κ1) is 11.4. The lowest BCUT2D eigenvalue weighted by Gasteiger charge is -2.40. The molecule has 0 aromatic rings. The van der Waals surface area contributed by atoms with Gasteiger partial charge >= 0.3 is 0 Å². The Hall–Kier alpha value is -1.06. The topological polar surface area (TPSA) is 49.4 Å². The van der Waals surface area contributed by atoms with E-state index in [4.69, 9.17) is 0 Å². The monoisotopic (exact) mass is 224 g/mol. The van der Waals surface area contributed by atoms with Crippen LogP contribution in [0.5, 0.6) is 0 Å². The number of carbonyl (C=O) groups is 2. The molecule has 2 aliphatic rings. The molecule has 0 bridgehead atoms. The van der Waals surface area contributed by atoms with E-state index in [2.05, 4.69) is 19.2 Å². The van der Waals surface area contributed by atoms with Crippen LogP contribution in [-0.4, -0.2) is 35.8 Å². The Morgan fingerprint density at radius 1 is 1.19 bits per heavy atom. The molecule has 3 atom stereocenters. The van der Waals surface area contributed by atoms with Crippen molar-refractivity contribution in [3.8, 4) is 0 Å². The lowest BCUT2D eigenvalue weighted by Crippen LogP contribution is -2.56. The molecule has 1 saturated heterocycles. The van der Waals surface area contributed by atoms with Gasteiger partial charge in [0, 0.05) is 6.04 Å². The maximum atomic E-state index is 11.7. The fourth-order valence-corrected chi connectivity index (χ4v) is 2.71. The van der Waals surface area contributed by atoms with Crippen LogP contribution in [0.2, 0.25) is 0 Å². The van der Waals surface area contributed by atoms with Crippen LogP contribution >= 0.6 is 0 Å². The van der Waals surface area contributed by atoms with E-state index >= 15 is 0 Å². The molecule has 1 aliphatic heterocycles. The molecule has 0 spiro atoms. The van der Waals surface area contributed by atoms with Crippen LogP contribution in [0.3, 0.4) is 0 Å². The fourth-order valence-electron chi connectivity index (χ4n) is 2.71. The van der Waals surface area contributed by atoms with Gasteiger partial charge in [0.2, 0.25) is 11.8 Å². The van der Waals surface area contributed by atoms with E-state index in [1.165, 1.54) is 0 Å². The minimum Gasteiger partial charge on any atom is -0.345 e. The molecule has 4 nitrogen and oxygen atoms in total. The molecule has 16 heavy (non-hydrogen) atoms. The molecule has 3 unspecified atom stereocenters. The van der Waals surface area contributed by atoms with Crippen molar-refractivity contribution in [2.75, 3.05) is 13.1 Å². The van der Waals surface area contributed by atoms with Crippen LogP contribution in [0, 0.1) is 11.8 Å². The van der Waals surface area contributed by atoms with Gasteiger partial charge < -0.3 is 10.2 Å². The second-order valence-corrected chi connectivity index (χ2v) is 5.22. The van der Waals surface area contributed by atoms with Gasteiger partial charge in [-0.1, -0.05) is 13.8 Å². The lowest BCUT2D eigenvalue weighted by atomic mass is 9.78. The van der Waals surface area contributed by atoms with Gasteiger partial charge in [-0.15, -0.1) is 0 Å². The van der Waals surface area contributed by atoms with Gasteiger partial charge in [0.25, 0.3) is 0 Å².